The number of amides is 1. The van der Waals surface area contributed by atoms with Gasteiger partial charge in [-0.05, 0) is 37.3 Å². The molecule has 2 rings (SSSR count). The standard InChI is InChI=1S/C14H15N3O2S/c1-2-19-12-6-4-11(5-7-12)17-13(18)10-20-14-15-8-3-9-16-14/h3-9H,2,10H2,1H3,(H,17,18). The summed E-state index contributed by atoms with van der Waals surface area (Å²) in [5, 5.41) is 3.40. The van der Waals surface area contributed by atoms with E-state index in [1.54, 1.807) is 18.5 Å². The van der Waals surface area contributed by atoms with E-state index in [0.29, 0.717) is 11.8 Å². The molecular formula is C14H15N3O2S. The first-order valence-electron chi connectivity index (χ1n) is 6.20. The van der Waals surface area contributed by atoms with Crippen molar-refractivity contribution in [2.75, 3.05) is 17.7 Å². The van der Waals surface area contributed by atoms with Crippen LogP contribution in [0.3, 0.4) is 0 Å². The maximum atomic E-state index is 11.8. The molecule has 1 aromatic heterocycles. The summed E-state index contributed by atoms with van der Waals surface area (Å²) < 4.78 is 5.34. The monoisotopic (exact) mass is 289 g/mol. The third-order valence-electron chi connectivity index (χ3n) is 2.32. The maximum Gasteiger partial charge on any atom is 0.234 e. The van der Waals surface area contributed by atoms with Crippen molar-refractivity contribution in [3.05, 3.63) is 42.7 Å². The normalized spacial score (nSPS) is 10.1. The van der Waals surface area contributed by atoms with Crippen LogP contribution in [0.5, 0.6) is 5.75 Å². The van der Waals surface area contributed by atoms with Crippen molar-refractivity contribution in [3.8, 4) is 5.75 Å². The van der Waals surface area contributed by atoms with Gasteiger partial charge in [0.2, 0.25) is 5.91 Å². The summed E-state index contributed by atoms with van der Waals surface area (Å²) in [5.41, 5.74) is 0.744. The molecule has 1 amide bonds. The molecule has 0 aliphatic rings. The zero-order chi connectivity index (χ0) is 14.2. The molecular weight excluding hydrogens is 274 g/mol. The second-order valence-electron chi connectivity index (χ2n) is 3.83. The SMILES string of the molecule is CCOc1ccc(NC(=O)CSc2ncccn2)cc1. The zero-order valence-electron chi connectivity index (χ0n) is 11.1. The highest BCUT2D eigenvalue weighted by molar-refractivity contribution is 7.99. The van der Waals surface area contributed by atoms with Crippen molar-refractivity contribution in [2.24, 2.45) is 0 Å². The van der Waals surface area contributed by atoms with Crippen LogP contribution in [0.25, 0.3) is 0 Å². The number of anilines is 1. The molecule has 1 aromatic carbocycles. The van der Waals surface area contributed by atoms with Crippen LogP contribution >= 0.6 is 11.8 Å². The van der Waals surface area contributed by atoms with Crippen LogP contribution in [-0.4, -0.2) is 28.2 Å². The van der Waals surface area contributed by atoms with E-state index < -0.39 is 0 Å². The number of hydrogen-bond acceptors (Lipinski definition) is 5. The van der Waals surface area contributed by atoms with Crippen molar-refractivity contribution < 1.29 is 9.53 Å². The topological polar surface area (TPSA) is 64.1 Å². The highest BCUT2D eigenvalue weighted by Gasteiger charge is 2.05. The number of rotatable bonds is 6. The van der Waals surface area contributed by atoms with E-state index in [4.69, 9.17) is 4.74 Å². The van der Waals surface area contributed by atoms with Crippen molar-refractivity contribution in [3.63, 3.8) is 0 Å². The summed E-state index contributed by atoms with van der Waals surface area (Å²) in [6, 6.07) is 9.02. The number of nitrogens with zero attached hydrogens (tertiary/aromatic N) is 2. The number of hydrogen-bond donors (Lipinski definition) is 1. The molecule has 1 N–H and O–H groups in total. The lowest BCUT2D eigenvalue weighted by Gasteiger charge is -2.06. The summed E-state index contributed by atoms with van der Waals surface area (Å²) in [6.45, 7) is 2.55. The Balaban J connectivity index is 1.82. The smallest absolute Gasteiger partial charge is 0.234 e. The van der Waals surface area contributed by atoms with Gasteiger partial charge < -0.3 is 10.1 Å². The van der Waals surface area contributed by atoms with Crippen LogP contribution in [-0.2, 0) is 4.79 Å². The van der Waals surface area contributed by atoms with Crippen LogP contribution in [0.2, 0.25) is 0 Å². The van der Waals surface area contributed by atoms with Crippen molar-refractivity contribution in [1.82, 2.24) is 9.97 Å². The minimum absolute atomic E-state index is 0.0911. The minimum atomic E-state index is -0.0911. The van der Waals surface area contributed by atoms with E-state index in [0.717, 1.165) is 11.4 Å². The first-order chi connectivity index (χ1) is 9.78. The zero-order valence-corrected chi connectivity index (χ0v) is 11.9. The van der Waals surface area contributed by atoms with Crippen LogP contribution < -0.4 is 10.1 Å². The molecule has 2 aromatic rings. The van der Waals surface area contributed by atoms with E-state index in [-0.39, 0.29) is 11.7 Å². The first-order valence-corrected chi connectivity index (χ1v) is 7.19. The fraction of sp³-hybridized carbons (Fsp3) is 0.214. The fourth-order valence-corrected chi connectivity index (χ4v) is 2.09. The lowest BCUT2D eigenvalue weighted by molar-refractivity contribution is -0.113. The third-order valence-corrected chi connectivity index (χ3v) is 3.20. The number of aromatic nitrogens is 2. The van der Waals surface area contributed by atoms with Gasteiger partial charge in [-0.2, -0.15) is 0 Å². The summed E-state index contributed by atoms with van der Waals surface area (Å²) in [6.07, 6.45) is 3.30. The second kappa shape index (κ2) is 7.49. The molecule has 0 saturated heterocycles. The lowest BCUT2D eigenvalue weighted by Crippen LogP contribution is -2.14. The number of carbonyl (C=O) groups excluding carboxylic acids is 1. The molecule has 0 aliphatic heterocycles. The fourth-order valence-electron chi connectivity index (χ4n) is 1.49. The van der Waals surface area contributed by atoms with E-state index in [9.17, 15) is 4.79 Å². The quantitative estimate of drug-likeness (QED) is 0.654. The van der Waals surface area contributed by atoms with E-state index in [1.807, 2.05) is 31.2 Å². The van der Waals surface area contributed by atoms with E-state index >= 15 is 0 Å². The molecule has 6 heteroatoms. The molecule has 0 fully saturated rings. The number of carbonyl (C=O) groups is 1. The summed E-state index contributed by atoms with van der Waals surface area (Å²) in [7, 11) is 0. The van der Waals surface area contributed by atoms with Gasteiger partial charge in [0.25, 0.3) is 0 Å². The molecule has 5 nitrogen and oxygen atoms in total. The molecule has 20 heavy (non-hydrogen) atoms. The Morgan fingerprint density at radius 2 is 1.95 bits per heavy atom. The van der Waals surface area contributed by atoms with Gasteiger partial charge in [0, 0.05) is 18.1 Å². The van der Waals surface area contributed by atoms with Gasteiger partial charge in [0.1, 0.15) is 5.75 Å². The minimum Gasteiger partial charge on any atom is -0.494 e. The van der Waals surface area contributed by atoms with Gasteiger partial charge in [-0.1, -0.05) is 11.8 Å². The number of thioether (sulfide) groups is 1. The Labute approximate surface area is 121 Å². The van der Waals surface area contributed by atoms with Gasteiger partial charge in [0.05, 0.1) is 12.4 Å². The van der Waals surface area contributed by atoms with E-state index in [2.05, 4.69) is 15.3 Å². The molecule has 0 spiro atoms. The summed E-state index contributed by atoms with van der Waals surface area (Å²) in [4.78, 5) is 19.9. The van der Waals surface area contributed by atoms with Gasteiger partial charge >= 0.3 is 0 Å². The molecule has 0 unspecified atom stereocenters. The molecule has 0 radical (unpaired) electrons. The van der Waals surface area contributed by atoms with E-state index in [1.165, 1.54) is 11.8 Å². The van der Waals surface area contributed by atoms with Crippen LogP contribution in [0.15, 0.2) is 47.9 Å². The predicted molar refractivity (Wildman–Crippen MR) is 79.0 cm³/mol. The summed E-state index contributed by atoms with van der Waals surface area (Å²) in [5.74, 6) is 0.973. The highest BCUT2D eigenvalue weighted by atomic mass is 32.2. The Morgan fingerprint density at radius 3 is 2.60 bits per heavy atom. The average molecular weight is 289 g/mol. The number of ether oxygens (including phenoxy) is 1. The van der Waals surface area contributed by atoms with Crippen molar-refractivity contribution >= 4 is 23.4 Å². The molecule has 0 aliphatic carbocycles. The molecule has 0 saturated carbocycles. The molecule has 0 atom stereocenters. The molecule has 104 valence electrons. The first kappa shape index (κ1) is 14.3. The Hall–Kier alpha value is -2.08. The Kier molecular flexibility index (Phi) is 5.37. The summed E-state index contributed by atoms with van der Waals surface area (Å²) >= 11 is 1.30. The van der Waals surface area contributed by atoms with Gasteiger partial charge in [-0.25, -0.2) is 9.97 Å². The van der Waals surface area contributed by atoms with Gasteiger partial charge in [0.15, 0.2) is 5.16 Å². The maximum absolute atomic E-state index is 11.8. The largest absolute Gasteiger partial charge is 0.494 e. The molecule has 0 bridgehead atoms. The van der Waals surface area contributed by atoms with Crippen molar-refractivity contribution in [2.45, 2.75) is 12.1 Å². The Morgan fingerprint density at radius 1 is 1.25 bits per heavy atom. The van der Waals surface area contributed by atoms with Gasteiger partial charge in [-0.3, -0.25) is 4.79 Å². The third kappa shape index (κ3) is 4.55. The number of nitrogens with one attached hydrogen (secondary N) is 1. The predicted octanol–water partition coefficient (Wildman–Crippen LogP) is 2.61. The lowest BCUT2D eigenvalue weighted by atomic mass is 10.3. The highest BCUT2D eigenvalue weighted by Crippen LogP contribution is 2.16. The van der Waals surface area contributed by atoms with Crippen LogP contribution in [0.4, 0.5) is 5.69 Å². The van der Waals surface area contributed by atoms with Crippen LogP contribution in [0, 0.1) is 0 Å². The number of benzene rings is 1. The second-order valence-corrected chi connectivity index (χ2v) is 4.77. The molecule has 1 heterocycles. The van der Waals surface area contributed by atoms with Crippen LogP contribution in [0.1, 0.15) is 6.92 Å². The average Bonchev–Trinajstić information content (AvgIpc) is 2.49. The Bertz CT molecular complexity index is 546. The van der Waals surface area contributed by atoms with Crippen molar-refractivity contribution in [1.29, 1.82) is 0 Å². The van der Waals surface area contributed by atoms with Gasteiger partial charge in [-0.15, -0.1) is 0 Å².